The highest BCUT2D eigenvalue weighted by atomic mass is 32.2. The van der Waals surface area contributed by atoms with E-state index in [1.807, 2.05) is 0 Å². The third-order valence-electron chi connectivity index (χ3n) is 4.84. The molecule has 12 heteroatoms. The van der Waals surface area contributed by atoms with Gasteiger partial charge in [0.25, 0.3) is 0 Å². The summed E-state index contributed by atoms with van der Waals surface area (Å²) < 4.78 is 54.6. The molecular weight excluding hydrogens is 478 g/mol. The number of aromatic nitrogens is 2. The van der Waals surface area contributed by atoms with E-state index in [1.54, 1.807) is 12.1 Å². The number of hydrogen-bond donors (Lipinski definition) is 1. The van der Waals surface area contributed by atoms with Gasteiger partial charge >= 0.3 is 0 Å². The Morgan fingerprint density at radius 2 is 1.91 bits per heavy atom. The zero-order chi connectivity index (χ0) is 22.7. The minimum atomic E-state index is -4.16. The van der Waals surface area contributed by atoms with Crippen LogP contribution in [-0.4, -0.2) is 41.4 Å². The van der Waals surface area contributed by atoms with Crippen LogP contribution in [0.5, 0.6) is 0 Å². The molecule has 1 aromatic heterocycles. The number of anilines is 1. The van der Waals surface area contributed by atoms with Gasteiger partial charge < -0.3 is 0 Å². The quantitative estimate of drug-likeness (QED) is 0.394. The predicted octanol–water partition coefficient (Wildman–Crippen LogP) is 3.90. The van der Waals surface area contributed by atoms with Gasteiger partial charge in [0.1, 0.15) is 22.6 Å². The number of sulfonamides is 1. The smallest absolute Gasteiger partial charge is 0.246 e. The molecule has 2 heterocycles. The fraction of sp³-hybridized carbons (Fsp3) is 0.250. The molecular formula is C20H18F2N4O3S3. The molecule has 0 aliphatic carbocycles. The second-order valence-corrected chi connectivity index (χ2v) is 11.0. The number of benzene rings is 2. The number of nitrogens with zero attached hydrogens (tertiary/aromatic N) is 3. The summed E-state index contributed by atoms with van der Waals surface area (Å²) in [6.07, 6.45) is 0.811. The van der Waals surface area contributed by atoms with Crippen molar-refractivity contribution in [2.75, 3.05) is 11.9 Å². The number of carbonyl (C=O) groups excluding carboxylic acids is 1. The lowest BCUT2D eigenvalue weighted by Crippen LogP contribution is -2.43. The maximum atomic E-state index is 14.1. The molecule has 0 spiro atoms. The number of nitrogens with one attached hydrogen (secondary N) is 1. The molecule has 4 rings (SSSR count). The second-order valence-electron chi connectivity index (χ2n) is 6.98. The van der Waals surface area contributed by atoms with E-state index in [1.165, 1.54) is 42.1 Å². The van der Waals surface area contributed by atoms with E-state index in [-0.39, 0.29) is 17.5 Å². The monoisotopic (exact) mass is 496 g/mol. The van der Waals surface area contributed by atoms with Gasteiger partial charge in [-0.05, 0) is 42.7 Å². The van der Waals surface area contributed by atoms with Crippen molar-refractivity contribution in [2.45, 2.75) is 33.9 Å². The Morgan fingerprint density at radius 1 is 1.16 bits per heavy atom. The van der Waals surface area contributed by atoms with Gasteiger partial charge in [0.05, 0.1) is 0 Å². The summed E-state index contributed by atoms with van der Waals surface area (Å²) in [4.78, 5) is 12.3. The van der Waals surface area contributed by atoms with Crippen molar-refractivity contribution in [1.82, 2.24) is 14.5 Å². The van der Waals surface area contributed by atoms with Crippen LogP contribution in [0.25, 0.3) is 0 Å². The van der Waals surface area contributed by atoms with Crippen LogP contribution in [0.3, 0.4) is 0 Å². The van der Waals surface area contributed by atoms with Gasteiger partial charge in [0, 0.05) is 12.3 Å². The third kappa shape index (κ3) is 4.98. The molecule has 168 valence electrons. The number of hydrogen-bond acceptors (Lipinski definition) is 7. The average Bonchev–Trinajstić information content (AvgIpc) is 3.43. The van der Waals surface area contributed by atoms with Crippen LogP contribution < -0.4 is 5.32 Å². The van der Waals surface area contributed by atoms with Crippen LogP contribution in [0.15, 0.2) is 57.8 Å². The first-order valence-corrected chi connectivity index (χ1v) is 12.9. The Hall–Kier alpha value is -2.41. The molecule has 1 fully saturated rings. The average molecular weight is 497 g/mol. The van der Waals surface area contributed by atoms with Gasteiger partial charge in [-0.15, -0.1) is 10.2 Å². The SMILES string of the molecule is O=C(Nc1nnc(SCc2ccc(F)cc2)s1)[C@@H]1CCCN1S(=O)(=O)c1ccccc1F. The zero-order valence-corrected chi connectivity index (χ0v) is 19.0. The van der Waals surface area contributed by atoms with Crippen molar-refractivity contribution in [3.8, 4) is 0 Å². The first-order valence-electron chi connectivity index (χ1n) is 9.62. The highest BCUT2D eigenvalue weighted by Gasteiger charge is 2.40. The molecule has 2 aromatic carbocycles. The Labute approximate surface area is 191 Å². The Balaban J connectivity index is 1.41. The second kappa shape index (κ2) is 9.61. The van der Waals surface area contributed by atoms with Gasteiger partial charge in [0.15, 0.2) is 4.34 Å². The highest BCUT2D eigenvalue weighted by molar-refractivity contribution is 8.00. The normalized spacial score (nSPS) is 16.9. The van der Waals surface area contributed by atoms with Crippen LogP contribution in [0.2, 0.25) is 0 Å². The van der Waals surface area contributed by atoms with Crippen LogP contribution in [-0.2, 0) is 20.6 Å². The van der Waals surface area contributed by atoms with Crippen molar-refractivity contribution in [3.63, 3.8) is 0 Å². The summed E-state index contributed by atoms with van der Waals surface area (Å²) >= 11 is 2.54. The summed E-state index contributed by atoms with van der Waals surface area (Å²) in [6, 6.07) is 10.3. The van der Waals surface area contributed by atoms with Crippen molar-refractivity contribution >= 4 is 44.2 Å². The van der Waals surface area contributed by atoms with E-state index >= 15 is 0 Å². The maximum absolute atomic E-state index is 14.1. The van der Waals surface area contributed by atoms with E-state index in [4.69, 9.17) is 0 Å². The Bertz CT molecular complexity index is 1220. The summed E-state index contributed by atoms with van der Waals surface area (Å²) in [5.41, 5.74) is 0.914. The molecule has 1 aliphatic heterocycles. The van der Waals surface area contributed by atoms with Gasteiger partial charge in [-0.2, -0.15) is 4.31 Å². The number of halogens is 2. The third-order valence-corrected chi connectivity index (χ3v) is 8.83. The number of amides is 1. The molecule has 0 radical (unpaired) electrons. The van der Waals surface area contributed by atoms with Crippen molar-refractivity contribution in [3.05, 3.63) is 65.7 Å². The lowest BCUT2D eigenvalue weighted by atomic mass is 10.2. The molecule has 1 aliphatic rings. The Kier molecular flexibility index (Phi) is 6.84. The lowest BCUT2D eigenvalue weighted by molar-refractivity contribution is -0.119. The van der Waals surface area contributed by atoms with Crippen LogP contribution in [0.4, 0.5) is 13.9 Å². The first kappa shape index (κ1) is 22.8. The van der Waals surface area contributed by atoms with E-state index in [2.05, 4.69) is 15.5 Å². The number of carbonyl (C=O) groups is 1. The summed E-state index contributed by atoms with van der Waals surface area (Å²) in [5, 5.41) is 10.8. The van der Waals surface area contributed by atoms with E-state index in [9.17, 15) is 22.0 Å². The molecule has 0 unspecified atom stereocenters. The van der Waals surface area contributed by atoms with Gasteiger partial charge in [-0.1, -0.05) is 47.4 Å². The van der Waals surface area contributed by atoms with Crippen LogP contribution >= 0.6 is 23.1 Å². The fourth-order valence-electron chi connectivity index (χ4n) is 3.30. The largest absolute Gasteiger partial charge is 0.299 e. The lowest BCUT2D eigenvalue weighted by Gasteiger charge is -2.23. The summed E-state index contributed by atoms with van der Waals surface area (Å²) in [7, 11) is -4.16. The van der Waals surface area contributed by atoms with Crippen LogP contribution in [0, 0.1) is 11.6 Å². The molecule has 3 aromatic rings. The standard InChI is InChI=1S/C20H18F2N4O3S3/c21-14-9-7-13(8-10-14)12-30-20-25-24-19(31-20)23-18(27)16-5-3-11-26(16)32(28,29)17-6-2-1-4-15(17)22/h1-2,4,6-10,16H,3,5,11-12H2,(H,23,24,27)/t16-/m0/s1. The minimum absolute atomic E-state index is 0.129. The van der Waals surface area contributed by atoms with E-state index in [0.29, 0.717) is 22.9 Å². The number of thioether (sulfide) groups is 1. The topological polar surface area (TPSA) is 92.3 Å². The van der Waals surface area contributed by atoms with Gasteiger partial charge in [-0.25, -0.2) is 17.2 Å². The molecule has 32 heavy (non-hydrogen) atoms. The highest BCUT2D eigenvalue weighted by Crippen LogP contribution is 2.31. The van der Waals surface area contributed by atoms with Crippen molar-refractivity contribution in [2.24, 2.45) is 0 Å². The van der Waals surface area contributed by atoms with Crippen molar-refractivity contribution < 1.29 is 22.0 Å². The Morgan fingerprint density at radius 3 is 2.66 bits per heavy atom. The van der Waals surface area contributed by atoms with Gasteiger partial charge in [-0.3, -0.25) is 10.1 Å². The molecule has 1 N–H and O–H groups in total. The summed E-state index contributed by atoms with van der Waals surface area (Å²) in [6.45, 7) is 0.129. The van der Waals surface area contributed by atoms with Crippen LogP contribution in [0.1, 0.15) is 18.4 Å². The molecule has 0 bridgehead atoms. The predicted molar refractivity (Wildman–Crippen MR) is 118 cm³/mol. The molecule has 1 saturated heterocycles. The van der Waals surface area contributed by atoms with Gasteiger partial charge in [0.2, 0.25) is 21.1 Å². The molecule has 1 amide bonds. The summed E-state index contributed by atoms with van der Waals surface area (Å²) in [5.74, 6) is -1.14. The van der Waals surface area contributed by atoms with E-state index < -0.39 is 32.7 Å². The minimum Gasteiger partial charge on any atom is -0.299 e. The van der Waals surface area contributed by atoms with Crippen molar-refractivity contribution in [1.29, 1.82) is 0 Å². The number of rotatable bonds is 7. The van der Waals surface area contributed by atoms with E-state index in [0.717, 1.165) is 27.3 Å². The first-order chi connectivity index (χ1) is 15.3. The molecule has 1 atom stereocenters. The fourth-order valence-corrected chi connectivity index (χ4v) is 6.74. The zero-order valence-electron chi connectivity index (χ0n) is 16.6. The molecule has 7 nitrogen and oxygen atoms in total. The molecule has 0 saturated carbocycles. The maximum Gasteiger partial charge on any atom is 0.246 e.